The number of nitrogens with one attached hydrogen (secondary N) is 2. The first-order chi connectivity index (χ1) is 17.6. The Kier molecular flexibility index (Phi) is 7.47. The first-order valence-corrected chi connectivity index (χ1v) is 13.0. The van der Waals surface area contributed by atoms with Crippen molar-refractivity contribution in [2.45, 2.75) is 45.1 Å². The molecule has 1 aliphatic carbocycles. The normalized spacial score (nSPS) is 18.6. The Labute approximate surface area is 212 Å². The molecule has 0 unspecified atom stereocenters. The number of anilines is 1. The van der Waals surface area contributed by atoms with Gasteiger partial charge in [-0.05, 0) is 49.4 Å². The van der Waals surface area contributed by atoms with Crippen LogP contribution < -0.4 is 15.4 Å². The van der Waals surface area contributed by atoms with Gasteiger partial charge in [-0.1, -0.05) is 24.3 Å². The number of aromatic hydroxyl groups is 1. The first kappa shape index (κ1) is 24.3. The molecule has 0 atom stereocenters. The number of hydrogen-bond acceptors (Lipinski definition) is 6. The van der Waals surface area contributed by atoms with E-state index in [0.29, 0.717) is 34.9 Å². The Hall–Kier alpha value is -3.45. The van der Waals surface area contributed by atoms with Crippen LogP contribution >= 0.6 is 0 Å². The Morgan fingerprint density at radius 1 is 1.14 bits per heavy atom. The lowest BCUT2D eigenvalue weighted by atomic mass is 9.99. The lowest BCUT2D eigenvalue weighted by Gasteiger charge is -2.30. The second-order valence-corrected chi connectivity index (χ2v) is 9.63. The third-order valence-electron chi connectivity index (χ3n) is 6.99. The second kappa shape index (κ2) is 11.1. The molecule has 2 aliphatic heterocycles. The summed E-state index contributed by atoms with van der Waals surface area (Å²) in [4.78, 5) is 14.1. The zero-order valence-electron chi connectivity index (χ0n) is 20.9. The summed E-state index contributed by atoms with van der Waals surface area (Å²) in [6, 6.07) is 11.4. The van der Waals surface area contributed by atoms with Crippen LogP contribution in [0.2, 0.25) is 0 Å². The fraction of sp³-hybridized carbons (Fsp3) is 0.414. The summed E-state index contributed by atoms with van der Waals surface area (Å²) in [5.74, 6) is 1.33. The molecule has 2 fully saturated rings. The van der Waals surface area contributed by atoms with E-state index in [2.05, 4.69) is 21.6 Å². The summed E-state index contributed by atoms with van der Waals surface area (Å²) in [7, 11) is 0. The number of ether oxygens (including phenoxy) is 2. The number of carbonyl (C=O) groups excluding carboxylic acids is 1. The van der Waals surface area contributed by atoms with Crippen molar-refractivity contribution >= 4 is 17.4 Å². The van der Waals surface area contributed by atoms with Gasteiger partial charge in [-0.25, -0.2) is 0 Å². The van der Waals surface area contributed by atoms with E-state index in [1.807, 2.05) is 42.5 Å². The highest BCUT2D eigenvalue weighted by molar-refractivity contribution is 5.91. The predicted molar refractivity (Wildman–Crippen MR) is 142 cm³/mol. The van der Waals surface area contributed by atoms with Crippen LogP contribution in [0.1, 0.15) is 44.6 Å². The quantitative estimate of drug-likeness (QED) is 0.536. The van der Waals surface area contributed by atoms with Crippen molar-refractivity contribution in [3.05, 3.63) is 59.8 Å². The van der Waals surface area contributed by atoms with Crippen molar-refractivity contribution in [1.82, 2.24) is 10.2 Å². The van der Waals surface area contributed by atoms with Gasteiger partial charge >= 0.3 is 0 Å². The largest absolute Gasteiger partial charge is 0.507 e. The Balaban J connectivity index is 1.47. The molecule has 2 aromatic rings. The van der Waals surface area contributed by atoms with Crippen LogP contribution in [0.5, 0.6) is 11.5 Å². The summed E-state index contributed by atoms with van der Waals surface area (Å²) in [5, 5.41) is 17.7. The molecule has 2 aromatic carbocycles. The lowest BCUT2D eigenvalue weighted by molar-refractivity contribution is -0.114. The van der Waals surface area contributed by atoms with Gasteiger partial charge in [-0.2, -0.15) is 0 Å². The highest BCUT2D eigenvalue weighted by Crippen LogP contribution is 2.40. The fourth-order valence-electron chi connectivity index (χ4n) is 5.15. The summed E-state index contributed by atoms with van der Waals surface area (Å²) >= 11 is 0. The minimum atomic E-state index is -0.144. The maximum absolute atomic E-state index is 11.8. The molecule has 0 aromatic heterocycles. The average Bonchev–Trinajstić information content (AvgIpc) is 3.27. The monoisotopic (exact) mass is 489 g/mol. The van der Waals surface area contributed by atoms with Crippen molar-refractivity contribution in [3.8, 4) is 22.6 Å². The summed E-state index contributed by atoms with van der Waals surface area (Å²) in [6.45, 7) is 5.88. The topological polar surface area (TPSA) is 83.1 Å². The molecule has 1 saturated carbocycles. The molecule has 0 spiro atoms. The van der Waals surface area contributed by atoms with Crippen LogP contribution in [-0.2, 0) is 9.53 Å². The summed E-state index contributed by atoms with van der Waals surface area (Å²) in [6.07, 6.45) is 9.57. The van der Waals surface area contributed by atoms with E-state index < -0.39 is 0 Å². The minimum absolute atomic E-state index is 0.144. The number of phenolic OH excluding ortho intramolecular Hbond substituents is 1. The highest BCUT2D eigenvalue weighted by atomic mass is 16.5. The van der Waals surface area contributed by atoms with Crippen molar-refractivity contribution < 1.29 is 19.4 Å². The molecule has 3 aliphatic rings. The van der Waals surface area contributed by atoms with Gasteiger partial charge in [0.2, 0.25) is 5.91 Å². The first-order valence-electron chi connectivity index (χ1n) is 13.0. The van der Waals surface area contributed by atoms with E-state index in [-0.39, 0.29) is 17.8 Å². The number of carbonyl (C=O) groups is 1. The van der Waals surface area contributed by atoms with Gasteiger partial charge < -0.3 is 30.1 Å². The van der Waals surface area contributed by atoms with Crippen molar-refractivity contribution in [3.63, 3.8) is 0 Å². The number of nitrogens with zero attached hydrogens (tertiary/aromatic N) is 1. The molecule has 3 N–H and O–H groups in total. The molecule has 5 rings (SSSR count). The van der Waals surface area contributed by atoms with Gasteiger partial charge in [0.15, 0.2) is 0 Å². The van der Waals surface area contributed by atoms with Crippen LogP contribution in [-0.4, -0.2) is 54.8 Å². The zero-order chi connectivity index (χ0) is 24.9. The third kappa shape index (κ3) is 5.51. The smallest absolute Gasteiger partial charge is 0.221 e. The lowest BCUT2D eigenvalue weighted by Crippen LogP contribution is -2.42. The van der Waals surface area contributed by atoms with E-state index in [0.717, 1.165) is 69.5 Å². The number of amides is 1. The van der Waals surface area contributed by atoms with E-state index >= 15 is 0 Å². The van der Waals surface area contributed by atoms with Crippen molar-refractivity contribution in [1.29, 1.82) is 0 Å². The van der Waals surface area contributed by atoms with Gasteiger partial charge in [-0.3, -0.25) is 4.79 Å². The van der Waals surface area contributed by atoms with Gasteiger partial charge in [0.1, 0.15) is 17.3 Å². The molecule has 1 amide bonds. The second-order valence-electron chi connectivity index (χ2n) is 9.63. The van der Waals surface area contributed by atoms with Crippen LogP contribution in [0.4, 0.5) is 5.69 Å². The zero-order valence-corrected chi connectivity index (χ0v) is 20.9. The van der Waals surface area contributed by atoms with E-state index in [4.69, 9.17) is 9.47 Å². The number of benzene rings is 2. The number of piperazine rings is 1. The molecule has 1 saturated heterocycles. The predicted octanol–water partition coefficient (Wildman–Crippen LogP) is 4.89. The van der Waals surface area contributed by atoms with Crippen molar-refractivity contribution in [2.75, 3.05) is 38.1 Å². The number of phenols is 1. The SMILES string of the molecule is CC(=O)Nc1ccc(-c2cccc(C3=CC(N4CCNCC4)=CCCO3)c2O)cc1OC1CCCC1. The molecule has 7 heteroatoms. The van der Waals surface area contributed by atoms with Crippen molar-refractivity contribution in [2.24, 2.45) is 0 Å². The average molecular weight is 490 g/mol. The van der Waals surface area contributed by atoms with Crippen LogP contribution in [0.3, 0.4) is 0 Å². The molecule has 36 heavy (non-hydrogen) atoms. The molecule has 0 radical (unpaired) electrons. The van der Waals surface area contributed by atoms with Gasteiger partial charge in [-0.15, -0.1) is 0 Å². The number of para-hydroxylation sites is 1. The third-order valence-corrected chi connectivity index (χ3v) is 6.99. The minimum Gasteiger partial charge on any atom is -0.507 e. The highest BCUT2D eigenvalue weighted by Gasteiger charge is 2.21. The van der Waals surface area contributed by atoms with Crippen LogP contribution in [0, 0.1) is 0 Å². The molecular weight excluding hydrogens is 454 g/mol. The Morgan fingerprint density at radius 2 is 1.92 bits per heavy atom. The van der Waals surface area contributed by atoms with Crippen LogP contribution in [0.25, 0.3) is 16.9 Å². The molecular formula is C29H35N3O4. The van der Waals surface area contributed by atoms with Crippen LogP contribution in [0.15, 0.2) is 54.2 Å². The fourth-order valence-corrected chi connectivity index (χ4v) is 5.15. The maximum atomic E-state index is 11.8. The van der Waals surface area contributed by atoms with Gasteiger partial charge in [0.25, 0.3) is 0 Å². The summed E-state index contributed by atoms with van der Waals surface area (Å²) < 4.78 is 12.4. The molecule has 2 heterocycles. The van der Waals surface area contributed by atoms with E-state index in [1.54, 1.807) is 0 Å². The van der Waals surface area contributed by atoms with Gasteiger partial charge in [0.05, 0.1) is 24.0 Å². The number of allylic oxidation sites excluding steroid dienone is 1. The summed E-state index contributed by atoms with van der Waals surface area (Å²) in [5.41, 5.74) is 3.97. The molecule has 190 valence electrons. The number of hydrogen-bond donors (Lipinski definition) is 3. The number of rotatable bonds is 6. The maximum Gasteiger partial charge on any atom is 0.221 e. The van der Waals surface area contributed by atoms with E-state index in [9.17, 15) is 9.90 Å². The Morgan fingerprint density at radius 3 is 2.69 bits per heavy atom. The molecule has 7 nitrogen and oxygen atoms in total. The standard InChI is InChI=1S/C29H35N3O4/c1-20(33)31-26-12-11-21(18-28(26)36-23-7-2-3-8-23)24-9-4-10-25(29(24)34)27-19-22(6-5-17-35-27)32-15-13-30-14-16-32/h4,6,9-12,18-19,23,30,34H,2-3,5,7-8,13-17H2,1H3,(H,31,33). The van der Waals surface area contributed by atoms with Gasteiger partial charge in [0, 0.05) is 56.9 Å². The molecule has 0 bridgehead atoms. The van der Waals surface area contributed by atoms with E-state index in [1.165, 1.54) is 6.92 Å². The Bertz CT molecular complexity index is 1160.